The molecule has 8 heteroatoms. The van der Waals surface area contributed by atoms with Crippen LogP contribution in [0.25, 0.3) is 10.9 Å². The number of hydrogen-bond acceptors (Lipinski definition) is 4. The lowest BCUT2D eigenvalue weighted by atomic mass is 10.1. The number of aryl methyl sites for hydroxylation is 1. The first-order valence-electron chi connectivity index (χ1n) is 8.35. The van der Waals surface area contributed by atoms with Crippen LogP contribution in [0.1, 0.15) is 17.2 Å². The fraction of sp³-hybridized carbons (Fsp3) is 0.263. The van der Waals surface area contributed by atoms with Crippen molar-refractivity contribution in [3.63, 3.8) is 0 Å². The Morgan fingerprint density at radius 3 is 2.56 bits per heavy atom. The molecule has 2 aromatic carbocycles. The summed E-state index contributed by atoms with van der Waals surface area (Å²) in [5, 5.41) is 19.5. The summed E-state index contributed by atoms with van der Waals surface area (Å²) in [6.45, 7) is 1.93. The summed E-state index contributed by atoms with van der Waals surface area (Å²) < 4.78 is 40.4. The van der Waals surface area contributed by atoms with E-state index in [-0.39, 0.29) is 23.3 Å². The van der Waals surface area contributed by atoms with Crippen LogP contribution in [0.4, 0.5) is 24.5 Å². The summed E-state index contributed by atoms with van der Waals surface area (Å²) in [6.07, 6.45) is -4.44. The van der Waals surface area contributed by atoms with Crippen LogP contribution in [-0.2, 0) is 6.18 Å². The molecule has 27 heavy (non-hydrogen) atoms. The molecule has 0 radical (unpaired) electrons. The molecule has 1 aliphatic heterocycles. The van der Waals surface area contributed by atoms with Gasteiger partial charge in [0.2, 0.25) is 5.88 Å². The van der Waals surface area contributed by atoms with Gasteiger partial charge in [-0.1, -0.05) is 17.7 Å². The number of nitrogens with zero attached hydrogens (tertiary/aromatic N) is 3. The van der Waals surface area contributed by atoms with Crippen molar-refractivity contribution in [2.24, 2.45) is 10.2 Å². The normalized spacial score (nSPS) is 15.6. The molecule has 140 valence electrons. The fourth-order valence-corrected chi connectivity index (χ4v) is 3.84. The molecule has 4 rings (SSSR count). The third-order valence-corrected chi connectivity index (χ3v) is 5.77. The van der Waals surface area contributed by atoms with E-state index in [1.54, 1.807) is 11.8 Å². The van der Waals surface area contributed by atoms with Gasteiger partial charge in [0.05, 0.1) is 22.8 Å². The number of thioether (sulfide) groups is 1. The van der Waals surface area contributed by atoms with Crippen molar-refractivity contribution in [3.05, 3.63) is 53.6 Å². The molecule has 1 aromatic heterocycles. The molecule has 1 N–H and O–H groups in total. The molecule has 1 fully saturated rings. The van der Waals surface area contributed by atoms with Gasteiger partial charge in [-0.2, -0.15) is 30.0 Å². The average molecular weight is 391 g/mol. The molecule has 0 atom stereocenters. The maximum atomic E-state index is 12.9. The second kappa shape index (κ2) is 6.60. The number of benzene rings is 2. The van der Waals surface area contributed by atoms with E-state index >= 15 is 0 Å². The van der Waals surface area contributed by atoms with Crippen molar-refractivity contribution < 1.29 is 18.3 Å². The summed E-state index contributed by atoms with van der Waals surface area (Å²) in [7, 11) is 0. The summed E-state index contributed by atoms with van der Waals surface area (Å²) >= 11 is 1.79. The Balaban J connectivity index is 1.79. The van der Waals surface area contributed by atoms with Crippen molar-refractivity contribution in [3.8, 4) is 5.88 Å². The highest BCUT2D eigenvalue weighted by Gasteiger charge is 2.30. The number of alkyl halides is 3. The maximum Gasteiger partial charge on any atom is 0.416 e. The Hall–Kier alpha value is -2.48. The number of azo groups is 1. The zero-order valence-corrected chi connectivity index (χ0v) is 15.2. The van der Waals surface area contributed by atoms with E-state index in [0.29, 0.717) is 0 Å². The van der Waals surface area contributed by atoms with E-state index in [1.807, 2.05) is 29.7 Å². The number of fused-ring (bicyclic) bond motifs is 1. The molecule has 3 aromatic rings. The number of rotatable bonds is 3. The molecule has 1 aliphatic rings. The maximum absolute atomic E-state index is 12.9. The van der Waals surface area contributed by atoms with E-state index in [2.05, 4.69) is 10.2 Å². The minimum absolute atomic E-state index is 0.00312. The molecular formula is C19H16F3N3OS. The van der Waals surface area contributed by atoms with Gasteiger partial charge in [-0.15, -0.1) is 5.11 Å². The molecule has 0 bridgehead atoms. The third kappa shape index (κ3) is 3.29. The SMILES string of the molecule is Cc1ccc2c(c1)c(N=Nc1cccc(C(F)(F)F)c1)c(O)n2C1CSC1. The molecular weight excluding hydrogens is 375 g/mol. The summed E-state index contributed by atoms with van der Waals surface area (Å²) in [6, 6.07) is 10.6. The predicted octanol–water partition coefficient (Wildman–Crippen LogP) is 6.38. The standard InChI is InChI=1S/C19H16F3N3OS/c1-11-5-6-16-15(7-11)17(18(26)25(16)14-9-27-10-14)24-23-13-4-2-3-12(8-13)19(20,21)22/h2-8,14,26H,9-10H2,1H3. The lowest BCUT2D eigenvalue weighted by Gasteiger charge is -2.27. The average Bonchev–Trinajstić information content (AvgIpc) is 2.83. The number of halogens is 3. The predicted molar refractivity (Wildman–Crippen MR) is 100 cm³/mol. The molecule has 0 spiro atoms. The molecule has 2 heterocycles. The smallest absolute Gasteiger partial charge is 0.416 e. The first kappa shape index (κ1) is 17.9. The van der Waals surface area contributed by atoms with Crippen LogP contribution in [0.15, 0.2) is 52.7 Å². The highest BCUT2D eigenvalue weighted by atomic mass is 32.2. The van der Waals surface area contributed by atoms with E-state index < -0.39 is 11.7 Å². The molecule has 0 saturated carbocycles. The zero-order valence-electron chi connectivity index (χ0n) is 14.4. The zero-order chi connectivity index (χ0) is 19.2. The second-order valence-electron chi connectivity index (χ2n) is 6.50. The fourth-order valence-electron chi connectivity index (χ4n) is 3.09. The summed E-state index contributed by atoms with van der Waals surface area (Å²) in [5.74, 6) is 1.79. The Morgan fingerprint density at radius 2 is 1.89 bits per heavy atom. The van der Waals surface area contributed by atoms with E-state index in [0.717, 1.165) is 40.1 Å². The molecule has 0 aliphatic carbocycles. The largest absolute Gasteiger partial charge is 0.493 e. The van der Waals surface area contributed by atoms with Gasteiger partial charge in [0.25, 0.3) is 0 Å². The highest BCUT2D eigenvalue weighted by Crippen LogP contribution is 2.45. The monoisotopic (exact) mass is 391 g/mol. The Morgan fingerprint density at radius 1 is 1.11 bits per heavy atom. The van der Waals surface area contributed by atoms with E-state index in [9.17, 15) is 18.3 Å². The quantitative estimate of drug-likeness (QED) is 0.527. The number of aromatic nitrogens is 1. The number of hydrogen-bond donors (Lipinski definition) is 1. The topological polar surface area (TPSA) is 49.9 Å². The van der Waals surface area contributed by atoms with Crippen LogP contribution >= 0.6 is 11.8 Å². The van der Waals surface area contributed by atoms with Crippen molar-refractivity contribution in [1.82, 2.24) is 4.57 Å². The summed E-state index contributed by atoms with van der Waals surface area (Å²) in [4.78, 5) is 0. The Bertz CT molecular complexity index is 1040. The van der Waals surface area contributed by atoms with Crippen LogP contribution in [0.3, 0.4) is 0 Å². The van der Waals surface area contributed by atoms with Crippen molar-refractivity contribution in [1.29, 1.82) is 0 Å². The Labute approximate surface area is 157 Å². The van der Waals surface area contributed by atoms with E-state index in [4.69, 9.17) is 0 Å². The van der Waals surface area contributed by atoms with Crippen LogP contribution in [0.5, 0.6) is 5.88 Å². The molecule has 4 nitrogen and oxygen atoms in total. The second-order valence-corrected chi connectivity index (χ2v) is 7.58. The van der Waals surface area contributed by atoms with Gasteiger partial charge < -0.3 is 9.67 Å². The van der Waals surface area contributed by atoms with Crippen molar-refractivity contribution >= 4 is 34.0 Å². The third-order valence-electron chi connectivity index (χ3n) is 4.53. The highest BCUT2D eigenvalue weighted by molar-refractivity contribution is 8.00. The van der Waals surface area contributed by atoms with Crippen LogP contribution in [-0.4, -0.2) is 21.2 Å². The van der Waals surface area contributed by atoms with Crippen LogP contribution in [0, 0.1) is 6.92 Å². The van der Waals surface area contributed by atoms with Crippen molar-refractivity contribution in [2.45, 2.75) is 19.1 Å². The van der Waals surface area contributed by atoms with Crippen molar-refractivity contribution in [2.75, 3.05) is 11.5 Å². The Kier molecular flexibility index (Phi) is 4.38. The minimum Gasteiger partial charge on any atom is -0.493 e. The lowest BCUT2D eigenvalue weighted by Crippen LogP contribution is -2.22. The van der Waals surface area contributed by atoms with Gasteiger partial charge in [-0.05, 0) is 37.3 Å². The van der Waals surface area contributed by atoms with Crippen LogP contribution in [0.2, 0.25) is 0 Å². The summed E-state index contributed by atoms with van der Waals surface area (Å²) in [5.41, 5.74) is 1.42. The first-order valence-corrected chi connectivity index (χ1v) is 9.50. The van der Waals surface area contributed by atoms with Gasteiger partial charge in [-0.3, -0.25) is 0 Å². The van der Waals surface area contributed by atoms with Gasteiger partial charge in [0.1, 0.15) is 0 Å². The van der Waals surface area contributed by atoms with Gasteiger partial charge in [0, 0.05) is 16.9 Å². The van der Waals surface area contributed by atoms with Gasteiger partial charge in [0.15, 0.2) is 5.69 Å². The van der Waals surface area contributed by atoms with Gasteiger partial charge in [-0.25, -0.2) is 0 Å². The molecule has 1 saturated heterocycles. The minimum atomic E-state index is -4.44. The van der Waals surface area contributed by atoms with Gasteiger partial charge >= 0.3 is 6.18 Å². The molecule has 0 amide bonds. The number of aromatic hydroxyl groups is 1. The van der Waals surface area contributed by atoms with E-state index in [1.165, 1.54) is 12.1 Å². The lowest BCUT2D eigenvalue weighted by molar-refractivity contribution is -0.137. The first-order chi connectivity index (χ1) is 12.8. The van der Waals surface area contributed by atoms with Crippen LogP contribution < -0.4 is 0 Å². The molecule has 0 unspecified atom stereocenters.